The second-order valence-electron chi connectivity index (χ2n) is 14.1. The Morgan fingerprint density at radius 2 is 1.02 bits per heavy atom. The number of hydrogen-bond acceptors (Lipinski definition) is 21. The molecular formula is C41H46N2O20. The predicted octanol–water partition coefficient (Wildman–Crippen LogP) is 1.77. The van der Waals surface area contributed by atoms with E-state index in [0.717, 1.165) is 65.1 Å². The summed E-state index contributed by atoms with van der Waals surface area (Å²) in [7, 11) is 0. The number of H-pyrrole nitrogens is 1. The maximum atomic E-state index is 13.3. The highest BCUT2D eigenvalue weighted by Crippen LogP contribution is 2.36. The minimum atomic E-state index is -1.89. The molecule has 340 valence electrons. The van der Waals surface area contributed by atoms with Crippen LogP contribution < -0.4 is 4.74 Å². The van der Waals surface area contributed by atoms with Crippen LogP contribution in [0.1, 0.15) is 48.5 Å². The van der Waals surface area contributed by atoms with E-state index in [4.69, 9.17) is 56.8 Å². The third-order valence-electron chi connectivity index (χ3n) is 9.01. The van der Waals surface area contributed by atoms with E-state index < -0.39 is 129 Å². The van der Waals surface area contributed by atoms with E-state index in [2.05, 4.69) is 9.97 Å². The number of para-hydroxylation sites is 2. The van der Waals surface area contributed by atoms with Crippen molar-refractivity contribution in [3.63, 3.8) is 0 Å². The van der Waals surface area contributed by atoms with Gasteiger partial charge in [-0.2, -0.15) is 0 Å². The van der Waals surface area contributed by atoms with Crippen molar-refractivity contribution >= 4 is 58.8 Å². The minimum absolute atomic E-state index is 0.261. The van der Waals surface area contributed by atoms with Gasteiger partial charge in [-0.25, -0.2) is 9.78 Å². The van der Waals surface area contributed by atoms with Crippen molar-refractivity contribution in [2.24, 2.45) is 0 Å². The van der Waals surface area contributed by atoms with Crippen LogP contribution in [0.3, 0.4) is 0 Å². The zero-order valence-corrected chi connectivity index (χ0v) is 35.1. The normalized spacial score (nSPS) is 25.4. The Hall–Kier alpha value is -6.65. The number of nitrogens with zero attached hydrogens (tertiary/aromatic N) is 1. The van der Waals surface area contributed by atoms with Crippen molar-refractivity contribution in [3.05, 3.63) is 48.5 Å². The number of aromatic nitrogens is 2. The molecule has 0 aliphatic carbocycles. The molecule has 0 unspecified atom stereocenters. The first-order valence-corrected chi connectivity index (χ1v) is 19.3. The smallest absolute Gasteiger partial charge is 0.346 e. The Labute approximate surface area is 358 Å². The second-order valence-corrected chi connectivity index (χ2v) is 14.1. The molecular weight excluding hydrogens is 840 g/mol. The zero-order chi connectivity index (χ0) is 46.0. The number of imidazole rings is 1. The molecule has 0 saturated carbocycles. The van der Waals surface area contributed by atoms with E-state index in [1.165, 1.54) is 0 Å². The van der Waals surface area contributed by atoms with Crippen LogP contribution in [0.5, 0.6) is 5.75 Å². The van der Waals surface area contributed by atoms with Gasteiger partial charge in [-0.15, -0.1) is 0 Å². The van der Waals surface area contributed by atoms with Gasteiger partial charge < -0.3 is 61.8 Å². The number of nitrogens with one attached hydrogen (secondary N) is 1. The maximum absolute atomic E-state index is 13.3. The van der Waals surface area contributed by atoms with E-state index in [-0.39, 0.29) is 5.75 Å². The Bertz CT molecular complexity index is 2120. The molecule has 2 aromatic carbocycles. The molecule has 0 bridgehead atoms. The van der Waals surface area contributed by atoms with Gasteiger partial charge in [-0.05, 0) is 36.4 Å². The second kappa shape index (κ2) is 21.4. The summed E-state index contributed by atoms with van der Waals surface area (Å²) in [4.78, 5) is 107. The maximum Gasteiger partial charge on any atom is 0.346 e. The van der Waals surface area contributed by atoms with E-state index >= 15 is 0 Å². The number of esters is 8. The van der Waals surface area contributed by atoms with Crippen LogP contribution in [0.2, 0.25) is 0 Å². The third kappa shape index (κ3) is 13.2. The highest BCUT2D eigenvalue weighted by Gasteiger charge is 2.58. The molecule has 5 rings (SSSR count). The molecule has 63 heavy (non-hydrogen) atoms. The Balaban J connectivity index is 1.44. The monoisotopic (exact) mass is 886 g/mol. The van der Waals surface area contributed by atoms with Gasteiger partial charge in [0.05, 0.1) is 11.0 Å². The van der Waals surface area contributed by atoms with Gasteiger partial charge >= 0.3 is 47.8 Å². The lowest BCUT2D eigenvalue weighted by molar-refractivity contribution is -0.357. The number of ether oxygens (including phenoxy) is 12. The standard InChI is InChI=1S/C41H46N2O20/c1-19(44)52-16-30-33(55-21(3)46)35(56-22(4)47)38(59-25(7)50)41(61-30)63-34-31(17-53-20(2)45)60-40(37(58-24(6)49)36(34)57-23(5)48)62-32(51)18-54-27-14-12-26(13-15-27)39-42-28-10-8-9-11-29(28)43-39/h8-15,30-31,33-38,40-41H,16-18H2,1-7H3,(H,42,43)/t30-,31-,33+,34-,35+,36+,37-,38-,40+,41+/m1/s1. The molecule has 0 amide bonds. The first-order valence-electron chi connectivity index (χ1n) is 19.3. The van der Waals surface area contributed by atoms with Crippen molar-refractivity contribution in [1.29, 1.82) is 0 Å². The fraction of sp³-hybridized carbons (Fsp3) is 0.488. The summed E-state index contributed by atoms with van der Waals surface area (Å²) in [6.07, 6.45) is -17.1. The lowest BCUT2D eigenvalue weighted by Crippen LogP contribution is -2.67. The number of hydrogen-bond donors (Lipinski definition) is 1. The summed E-state index contributed by atoms with van der Waals surface area (Å²) in [6, 6.07) is 14.1. The SMILES string of the molecule is CC(=O)OC[C@H]1O[C@@H](O[C@H]2[C@H](OC(C)=O)[C@@H](OC(C)=O)[C@H](OC(=O)COc3ccc(-c4nc5ccccc5[nH]4)cc3)O[C@@H]2COC(C)=O)[C@H](OC(C)=O)[C@@H](OC(C)=O)[C@H]1OC(C)=O. The topological polar surface area (TPSA) is 276 Å². The molecule has 1 aromatic heterocycles. The largest absolute Gasteiger partial charge is 0.482 e. The number of carbonyl (C=O) groups is 8. The number of carbonyl (C=O) groups excluding carboxylic acids is 8. The summed E-state index contributed by atoms with van der Waals surface area (Å²) in [5.41, 5.74) is 2.35. The Morgan fingerprint density at radius 3 is 1.56 bits per heavy atom. The fourth-order valence-electron chi connectivity index (χ4n) is 6.67. The van der Waals surface area contributed by atoms with E-state index in [1.54, 1.807) is 24.3 Å². The van der Waals surface area contributed by atoms with Gasteiger partial charge in [0, 0.05) is 54.0 Å². The zero-order valence-electron chi connectivity index (χ0n) is 35.1. The first kappa shape index (κ1) is 47.4. The average Bonchev–Trinajstić information content (AvgIpc) is 3.64. The average molecular weight is 887 g/mol. The van der Waals surface area contributed by atoms with E-state index in [1.807, 2.05) is 24.3 Å². The molecule has 3 heterocycles. The number of aromatic amines is 1. The number of rotatable bonds is 16. The highest BCUT2D eigenvalue weighted by molar-refractivity contribution is 5.79. The van der Waals surface area contributed by atoms with Crippen molar-refractivity contribution in [1.82, 2.24) is 9.97 Å². The molecule has 1 N–H and O–H groups in total. The van der Waals surface area contributed by atoms with Crippen LogP contribution in [0, 0.1) is 0 Å². The van der Waals surface area contributed by atoms with Crippen LogP contribution in [0.25, 0.3) is 22.4 Å². The van der Waals surface area contributed by atoms with Gasteiger partial charge in [-0.3, -0.25) is 33.6 Å². The molecule has 0 radical (unpaired) electrons. The van der Waals surface area contributed by atoms with Crippen LogP contribution in [0.4, 0.5) is 0 Å². The predicted molar refractivity (Wildman–Crippen MR) is 206 cm³/mol. The summed E-state index contributed by atoms with van der Waals surface area (Å²) in [6.45, 7) is 5.20. The molecule has 2 aliphatic rings. The molecule has 0 spiro atoms. The lowest BCUT2D eigenvalue weighted by Gasteiger charge is -2.48. The molecule has 2 aliphatic heterocycles. The summed E-state index contributed by atoms with van der Waals surface area (Å²) >= 11 is 0. The third-order valence-corrected chi connectivity index (χ3v) is 9.01. The van der Waals surface area contributed by atoms with Crippen LogP contribution >= 0.6 is 0 Å². The van der Waals surface area contributed by atoms with Crippen molar-refractivity contribution in [2.45, 2.75) is 110 Å². The van der Waals surface area contributed by atoms with Gasteiger partial charge in [0.1, 0.15) is 43.1 Å². The molecule has 22 heteroatoms. The number of fused-ring (bicyclic) bond motifs is 1. The fourth-order valence-corrected chi connectivity index (χ4v) is 6.67. The molecule has 3 aromatic rings. The van der Waals surface area contributed by atoms with Crippen LogP contribution in [0.15, 0.2) is 48.5 Å². The van der Waals surface area contributed by atoms with Crippen molar-refractivity contribution < 1.29 is 95.2 Å². The Kier molecular flexibility index (Phi) is 16.1. The number of benzene rings is 2. The van der Waals surface area contributed by atoms with Crippen molar-refractivity contribution in [3.8, 4) is 17.1 Å². The van der Waals surface area contributed by atoms with E-state index in [0.29, 0.717) is 5.82 Å². The van der Waals surface area contributed by atoms with Crippen molar-refractivity contribution in [2.75, 3.05) is 19.8 Å². The van der Waals surface area contributed by atoms with Gasteiger partial charge in [0.2, 0.25) is 12.4 Å². The molecule has 2 fully saturated rings. The summed E-state index contributed by atoms with van der Waals surface area (Å²) in [5, 5.41) is 0. The minimum Gasteiger partial charge on any atom is -0.482 e. The highest BCUT2D eigenvalue weighted by atomic mass is 16.8. The lowest BCUT2D eigenvalue weighted by atomic mass is 9.96. The summed E-state index contributed by atoms with van der Waals surface area (Å²) in [5.74, 6) is -6.51. The molecule has 10 atom stereocenters. The Morgan fingerprint density at radius 1 is 0.540 bits per heavy atom. The van der Waals surface area contributed by atoms with Gasteiger partial charge in [0.25, 0.3) is 0 Å². The van der Waals surface area contributed by atoms with Crippen LogP contribution in [-0.4, -0.2) is 139 Å². The molecule has 2 saturated heterocycles. The molecule has 22 nitrogen and oxygen atoms in total. The first-order chi connectivity index (χ1) is 29.9. The summed E-state index contributed by atoms with van der Waals surface area (Å²) < 4.78 is 67.5. The van der Waals surface area contributed by atoms with Crippen LogP contribution in [-0.2, 0) is 90.5 Å². The van der Waals surface area contributed by atoms with E-state index in [9.17, 15) is 38.4 Å². The quantitative estimate of drug-likeness (QED) is 0.158. The van der Waals surface area contributed by atoms with Gasteiger partial charge in [-0.1, -0.05) is 12.1 Å². The van der Waals surface area contributed by atoms with Gasteiger partial charge in [0.15, 0.2) is 37.3 Å².